The molecule has 1 unspecified atom stereocenters. The van der Waals surface area contributed by atoms with Crippen molar-refractivity contribution in [3.8, 4) is 5.75 Å². The normalized spacial score (nSPS) is 12.4. The molecule has 0 amide bonds. The summed E-state index contributed by atoms with van der Waals surface area (Å²) in [5, 5.41) is 5.18. The van der Waals surface area contributed by atoms with Gasteiger partial charge in [-0.15, -0.1) is 11.3 Å². The van der Waals surface area contributed by atoms with Gasteiger partial charge < -0.3 is 10.1 Å². The lowest BCUT2D eigenvalue weighted by Crippen LogP contribution is -2.18. The summed E-state index contributed by atoms with van der Waals surface area (Å²) >= 11 is 1.62. The van der Waals surface area contributed by atoms with Crippen LogP contribution in [0.3, 0.4) is 0 Å². The van der Waals surface area contributed by atoms with Crippen molar-refractivity contribution < 1.29 is 9.13 Å². The summed E-state index contributed by atoms with van der Waals surface area (Å²) in [7, 11) is 3.54. The molecule has 2 nitrogen and oxygen atoms in total. The Bertz CT molecular complexity index is 512. The molecule has 18 heavy (non-hydrogen) atoms. The molecule has 0 aliphatic rings. The molecule has 1 aromatic carbocycles. The zero-order chi connectivity index (χ0) is 13.0. The highest BCUT2D eigenvalue weighted by molar-refractivity contribution is 7.10. The topological polar surface area (TPSA) is 21.3 Å². The van der Waals surface area contributed by atoms with Crippen molar-refractivity contribution in [2.45, 2.75) is 12.5 Å². The first kappa shape index (κ1) is 13.1. The third kappa shape index (κ3) is 2.89. The van der Waals surface area contributed by atoms with E-state index >= 15 is 0 Å². The molecule has 1 aromatic heterocycles. The number of likely N-dealkylation sites (N-methyl/N-ethyl adjacent to an activating group) is 1. The molecule has 0 aliphatic heterocycles. The average Bonchev–Trinajstić information content (AvgIpc) is 2.86. The highest BCUT2D eigenvalue weighted by Crippen LogP contribution is 2.29. The molecule has 4 heteroatoms. The van der Waals surface area contributed by atoms with E-state index in [1.54, 1.807) is 24.5 Å². The van der Waals surface area contributed by atoms with E-state index in [2.05, 4.69) is 5.32 Å². The maximum atomic E-state index is 13.6. The van der Waals surface area contributed by atoms with Gasteiger partial charge in [0.15, 0.2) is 0 Å². The molecule has 2 aromatic rings. The van der Waals surface area contributed by atoms with Crippen molar-refractivity contribution in [1.29, 1.82) is 0 Å². The van der Waals surface area contributed by atoms with Gasteiger partial charge in [0, 0.05) is 16.3 Å². The lowest BCUT2D eigenvalue weighted by atomic mass is 10.0. The van der Waals surface area contributed by atoms with E-state index in [4.69, 9.17) is 4.74 Å². The van der Waals surface area contributed by atoms with Gasteiger partial charge in [0.2, 0.25) is 0 Å². The average molecular weight is 265 g/mol. The van der Waals surface area contributed by atoms with Crippen LogP contribution in [0.25, 0.3) is 0 Å². The van der Waals surface area contributed by atoms with E-state index in [0.29, 0.717) is 6.42 Å². The van der Waals surface area contributed by atoms with Gasteiger partial charge in [-0.1, -0.05) is 18.2 Å². The van der Waals surface area contributed by atoms with Crippen LogP contribution in [0.1, 0.15) is 16.5 Å². The van der Waals surface area contributed by atoms with Crippen LogP contribution in [-0.2, 0) is 6.42 Å². The van der Waals surface area contributed by atoms with Gasteiger partial charge >= 0.3 is 0 Å². The van der Waals surface area contributed by atoms with Crippen LogP contribution in [0, 0.1) is 5.82 Å². The lowest BCUT2D eigenvalue weighted by molar-refractivity contribution is 0.416. The Kier molecular flexibility index (Phi) is 4.33. The van der Waals surface area contributed by atoms with E-state index in [9.17, 15) is 4.39 Å². The first-order valence-corrected chi connectivity index (χ1v) is 6.65. The number of thiophene rings is 1. The third-order valence-electron chi connectivity index (χ3n) is 2.91. The Morgan fingerprint density at radius 1 is 1.39 bits per heavy atom. The van der Waals surface area contributed by atoms with Crippen molar-refractivity contribution >= 4 is 11.3 Å². The minimum Gasteiger partial charge on any atom is -0.496 e. The summed E-state index contributed by atoms with van der Waals surface area (Å²) in [4.78, 5) is 1.15. The number of nitrogens with one attached hydrogen (secondary N) is 1. The number of benzene rings is 1. The number of hydrogen-bond donors (Lipinski definition) is 1. The zero-order valence-corrected chi connectivity index (χ0v) is 11.3. The summed E-state index contributed by atoms with van der Waals surface area (Å²) in [5.41, 5.74) is 0.726. The molecule has 0 radical (unpaired) electrons. The minimum atomic E-state index is -0.152. The minimum absolute atomic E-state index is 0.107. The molecule has 0 bridgehead atoms. The summed E-state index contributed by atoms with van der Waals surface area (Å²) in [6.07, 6.45) is 0.632. The highest BCUT2D eigenvalue weighted by Gasteiger charge is 2.14. The maximum Gasteiger partial charge on any atom is 0.129 e. The fraction of sp³-hybridized carbons (Fsp3) is 0.286. The van der Waals surface area contributed by atoms with Crippen molar-refractivity contribution in [3.63, 3.8) is 0 Å². The van der Waals surface area contributed by atoms with Gasteiger partial charge in [-0.2, -0.15) is 0 Å². The van der Waals surface area contributed by atoms with Crippen molar-refractivity contribution in [2.75, 3.05) is 14.2 Å². The zero-order valence-electron chi connectivity index (χ0n) is 10.4. The number of hydrogen-bond acceptors (Lipinski definition) is 3. The Morgan fingerprint density at radius 2 is 2.17 bits per heavy atom. The van der Waals surface area contributed by atoms with Crippen LogP contribution in [0.4, 0.5) is 4.39 Å². The van der Waals surface area contributed by atoms with Crippen LogP contribution in [0.2, 0.25) is 0 Å². The van der Waals surface area contributed by atoms with E-state index in [0.717, 1.165) is 16.2 Å². The molecule has 1 N–H and O–H groups in total. The maximum absolute atomic E-state index is 13.6. The molecular weight excluding hydrogens is 249 g/mol. The Hall–Kier alpha value is -1.39. The third-order valence-corrected chi connectivity index (χ3v) is 3.93. The van der Waals surface area contributed by atoms with Gasteiger partial charge in [0.05, 0.1) is 7.11 Å². The molecule has 0 spiro atoms. The predicted molar refractivity (Wildman–Crippen MR) is 72.8 cm³/mol. The second-order valence-electron chi connectivity index (χ2n) is 4.03. The highest BCUT2D eigenvalue weighted by atomic mass is 32.1. The molecule has 0 aliphatic carbocycles. The largest absolute Gasteiger partial charge is 0.496 e. The summed E-state index contributed by atoms with van der Waals surface area (Å²) in [6.45, 7) is 0. The van der Waals surface area contributed by atoms with Crippen LogP contribution in [0.5, 0.6) is 5.75 Å². The SMILES string of the molecule is CNC(Cc1ccccc1F)c1cc(OC)cs1. The molecule has 0 fully saturated rings. The van der Waals surface area contributed by atoms with Gasteiger partial charge in [0.1, 0.15) is 11.6 Å². The fourth-order valence-corrected chi connectivity index (χ4v) is 2.82. The van der Waals surface area contributed by atoms with Crippen LogP contribution < -0.4 is 10.1 Å². The quantitative estimate of drug-likeness (QED) is 0.894. The molecule has 1 atom stereocenters. The number of rotatable bonds is 5. The van der Waals surface area contributed by atoms with Crippen LogP contribution >= 0.6 is 11.3 Å². The van der Waals surface area contributed by atoms with Crippen LogP contribution in [0.15, 0.2) is 35.7 Å². The van der Waals surface area contributed by atoms with Gasteiger partial charge in [-0.05, 0) is 31.2 Å². The van der Waals surface area contributed by atoms with E-state index in [-0.39, 0.29) is 11.9 Å². The number of methoxy groups -OCH3 is 1. The summed E-state index contributed by atoms with van der Waals surface area (Å²) in [6, 6.07) is 8.99. The van der Waals surface area contributed by atoms with Crippen molar-refractivity contribution in [3.05, 3.63) is 52.0 Å². The van der Waals surface area contributed by atoms with Gasteiger partial charge in [-0.25, -0.2) is 4.39 Å². The van der Waals surface area contributed by atoms with E-state index in [1.807, 2.05) is 30.6 Å². The molecule has 0 saturated heterocycles. The lowest BCUT2D eigenvalue weighted by Gasteiger charge is -2.14. The van der Waals surface area contributed by atoms with E-state index < -0.39 is 0 Å². The van der Waals surface area contributed by atoms with Crippen molar-refractivity contribution in [1.82, 2.24) is 5.32 Å². The second kappa shape index (κ2) is 5.98. The molecular formula is C14H16FNOS. The van der Waals surface area contributed by atoms with Crippen LogP contribution in [-0.4, -0.2) is 14.2 Å². The Balaban J connectivity index is 2.17. The molecule has 2 rings (SSSR count). The van der Waals surface area contributed by atoms with Crippen molar-refractivity contribution in [2.24, 2.45) is 0 Å². The Morgan fingerprint density at radius 3 is 2.78 bits per heavy atom. The predicted octanol–water partition coefficient (Wildman–Crippen LogP) is 3.40. The van der Waals surface area contributed by atoms with Gasteiger partial charge in [0.25, 0.3) is 0 Å². The number of halogens is 1. The smallest absolute Gasteiger partial charge is 0.129 e. The van der Waals surface area contributed by atoms with Gasteiger partial charge in [-0.3, -0.25) is 0 Å². The second-order valence-corrected chi connectivity index (χ2v) is 4.97. The first-order chi connectivity index (χ1) is 8.74. The summed E-state index contributed by atoms with van der Waals surface area (Å²) in [5.74, 6) is 0.699. The van der Waals surface area contributed by atoms with E-state index in [1.165, 1.54) is 6.07 Å². The number of ether oxygens (including phenoxy) is 1. The fourth-order valence-electron chi connectivity index (χ4n) is 1.85. The molecule has 1 heterocycles. The Labute approximate surface area is 110 Å². The monoisotopic (exact) mass is 265 g/mol. The molecule has 0 saturated carbocycles. The first-order valence-electron chi connectivity index (χ1n) is 5.77. The standard InChI is InChI=1S/C14H16FNOS/c1-16-13(14-8-11(17-2)9-18-14)7-10-5-3-4-6-12(10)15/h3-6,8-9,13,16H,7H2,1-2H3. The molecule has 96 valence electrons. The summed E-state index contributed by atoms with van der Waals surface area (Å²) < 4.78 is 18.8.